The van der Waals surface area contributed by atoms with E-state index in [1.54, 1.807) is 4.90 Å². The lowest BCUT2D eigenvalue weighted by molar-refractivity contribution is 0.0989. The maximum absolute atomic E-state index is 11.9. The first-order valence-corrected chi connectivity index (χ1v) is 7.71. The van der Waals surface area contributed by atoms with Gasteiger partial charge in [0.1, 0.15) is 0 Å². The molecule has 0 saturated carbocycles. The average molecular weight is 291 g/mol. The second-order valence-electron chi connectivity index (χ2n) is 5.27. The van der Waals surface area contributed by atoms with Crippen LogP contribution >= 0.6 is 0 Å². The Kier molecular flexibility index (Phi) is 5.87. The van der Waals surface area contributed by atoms with Gasteiger partial charge in [0.25, 0.3) is 0 Å². The lowest BCUT2D eigenvalue weighted by Crippen LogP contribution is -2.49. The normalized spacial score (nSPS) is 15.1. The molecule has 1 fully saturated rings. The van der Waals surface area contributed by atoms with Crippen molar-refractivity contribution >= 4 is 11.8 Å². The molecule has 21 heavy (non-hydrogen) atoms. The van der Waals surface area contributed by atoms with Gasteiger partial charge in [0.2, 0.25) is 0 Å². The monoisotopic (exact) mass is 291 g/mol. The Hall–Kier alpha value is -1.75. The van der Waals surface area contributed by atoms with Gasteiger partial charge in [-0.2, -0.15) is 0 Å². The third-order valence-corrected chi connectivity index (χ3v) is 3.81. The maximum atomic E-state index is 11.9. The number of rotatable bonds is 5. The molecule has 1 aromatic rings. The van der Waals surface area contributed by atoms with Gasteiger partial charge in [0, 0.05) is 38.4 Å². The molecule has 0 aliphatic carbocycles. The molecule has 0 unspecified atom stereocenters. The van der Waals surface area contributed by atoms with Crippen LogP contribution in [0.15, 0.2) is 24.3 Å². The summed E-state index contributed by atoms with van der Waals surface area (Å²) in [5, 5.41) is 0. The highest BCUT2D eigenvalue weighted by Crippen LogP contribution is 2.21. The van der Waals surface area contributed by atoms with Gasteiger partial charge >= 0.3 is 6.09 Å². The highest BCUT2D eigenvalue weighted by atomic mass is 16.6. The van der Waals surface area contributed by atoms with Crippen LogP contribution in [0, 0.1) is 0 Å². The molecule has 5 nitrogen and oxygen atoms in total. The van der Waals surface area contributed by atoms with E-state index in [9.17, 15) is 4.79 Å². The molecule has 1 aliphatic heterocycles. The van der Waals surface area contributed by atoms with Crippen LogP contribution in [-0.2, 0) is 11.3 Å². The third kappa shape index (κ3) is 4.11. The Morgan fingerprint density at radius 2 is 1.95 bits per heavy atom. The summed E-state index contributed by atoms with van der Waals surface area (Å²) in [6.07, 6.45) is 1.78. The maximum Gasteiger partial charge on any atom is 0.409 e. The average Bonchev–Trinajstić information content (AvgIpc) is 2.55. The highest BCUT2D eigenvalue weighted by molar-refractivity contribution is 5.68. The molecule has 2 N–H and O–H groups in total. The quantitative estimate of drug-likeness (QED) is 0.845. The van der Waals surface area contributed by atoms with Crippen molar-refractivity contribution < 1.29 is 9.53 Å². The van der Waals surface area contributed by atoms with Crippen LogP contribution in [0.1, 0.15) is 25.3 Å². The first kappa shape index (κ1) is 15.6. The number of nitrogens with two attached hydrogens (primary N) is 1. The molecule has 0 atom stereocenters. The SMILES string of the molecule is CCCCOC(=O)N1CCN(c2ccccc2CN)CC1. The van der Waals surface area contributed by atoms with Crippen molar-refractivity contribution in [3.05, 3.63) is 29.8 Å². The molecule has 1 aromatic carbocycles. The Morgan fingerprint density at radius 3 is 2.62 bits per heavy atom. The number of hydrogen-bond acceptors (Lipinski definition) is 4. The molecule has 0 radical (unpaired) electrons. The summed E-state index contributed by atoms with van der Waals surface area (Å²) in [4.78, 5) is 16.0. The predicted octanol–water partition coefficient (Wildman–Crippen LogP) is 2.20. The summed E-state index contributed by atoms with van der Waals surface area (Å²) in [7, 11) is 0. The predicted molar refractivity (Wildman–Crippen MR) is 84.4 cm³/mol. The summed E-state index contributed by atoms with van der Waals surface area (Å²) in [6, 6.07) is 8.19. The molecule has 1 saturated heterocycles. The largest absolute Gasteiger partial charge is 0.449 e. The van der Waals surface area contributed by atoms with Gasteiger partial charge in [-0.05, 0) is 18.1 Å². The number of para-hydroxylation sites is 1. The first-order chi connectivity index (χ1) is 10.3. The van der Waals surface area contributed by atoms with Crippen molar-refractivity contribution in [1.82, 2.24) is 4.90 Å². The second-order valence-corrected chi connectivity index (χ2v) is 5.27. The van der Waals surface area contributed by atoms with Gasteiger partial charge in [0.05, 0.1) is 6.61 Å². The van der Waals surface area contributed by atoms with E-state index in [2.05, 4.69) is 24.0 Å². The second kappa shape index (κ2) is 7.88. The number of unbranched alkanes of at least 4 members (excludes halogenated alkanes) is 1. The minimum absolute atomic E-state index is 0.185. The minimum Gasteiger partial charge on any atom is -0.449 e. The smallest absolute Gasteiger partial charge is 0.409 e. The standard InChI is InChI=1S/C16H25N3O2/c1-2-3-12-21-16(20)19-10-8-18(9-11-19)15-7-5-4-6-14(15)13-17/h4-7H,2-3,8-13,17H2,1H3. The van der Waals surface area contributed by atoms with Crippen LogP contribution < -0.4 is 10.6 Å². The number of ether oxygens (including phenoxy) is 1. The number of piperazine rings is 1. The van der Waals surface area contributed by atoms with Crippen molar-refractivity contribution in [2.75, 3.05) is 37.7 Å². The number of benzene rings is 1. The van der Waals surface area contributed by atoms with Crippen molar-refractivity contribution in [2.24, 2.45) is 5.73 Å². The number of carbonyl (C=O) groups is 1. The molecule has 0 aromatic heterocycles. The molecule has 1 aliphatic rings. The molecular weight excluding hydrogens is 266 g/mol. The summed E-state index contributed by atoms with van der Waals surface area (Å²) in [5.74, 6) is 0. The van der Waals surface area contributed by atoms with Gasteiger partial charge in [-0.3, -0.25) is 0 Å². The summed E-state index contributed by atoms with van der Waals surface area (Å²) >= 11 is 0. The van der Waals surface area contributed by atoms with Gasteiger partial charge in [-0.15, -0.1) is 0 Å². The Bertz CT molecular complexity index is 457. The van der Waals surface area contributed by atoms with Crippen LogP contribution in [-0.4, -0.2) is 43.8 Å². The fraction of sp³-hybridized carbons (Fsp3) is 0.562. The van der Waals surface area contributed by atoms with Crippen molar-refractivity contribution in [2.45, 2.75) is 26.3 Å². The van der Waals surface area contributed by atoms with E-state index in [4.69, 9.17) is 10.5 Å². The number of nitrogens with zero attached hydrogens (tertiary/aromatic N) is 2. The molecule has 0 bridgehead atoms. The Morgan fingerprint density at radius 1 is 1.24 bits per heavy atom. The fourth-order valence-corrected chi connectivity index (χ4v) is 2.52. The summed E-state index contributed by atoms with van der Waals surface area (Å²) < 4.78 is 5.26. The van der Waals surface area contributed by atoms with Crippen LogP contribution in [0.3, 0.4) is 0 Å². The van der Waals surface area contributed by atoms with E-state index in [1.165, 1.54) is 5.69 Å². The summed E-state index contributed by atoms with van der Waals surface area (Å²) in [6.45, 7) is 6.18. The number of anilines is 1. The van der Waals surface area contributed by atoms with Crippen molar-refractivity contribution in [3.63, 3.8) is 0 Å². The Labute approximate surface area is 126 Å². The summed E-state index contributed by atoms with van der Waals surface area (Å²) in [5.41, 5.74) is 8.12. The van der Waals surface area contributed by atoms with E-state index in [1.807, 2.05) is 12.1 Å². The van der Waals surface area contributed by atoms with Gasteiger partial charge in [-0.1, -0.05) is 31.5 Å². The Balaban J connectivity index is 1.87. The van der Waals surface area contributed by atoms with Crippen LogP contribution in [0.2, 0.25) is 0 Å². The molecular formula is C16H25N3O2. The number of carbonyl (C=O) groups excluding carboxylic acids is 1. The molecule has 2 rings (SSSR count). The van der Waals surface area contributed by atoms with E-state index in [0.29, 0.717) is 26.2 Å². The van der Waals surface area contributed by atoms with Crippen LogP contribution in [0.5, 0.6) is 0 Å². The number of hydrogen-bond donors (Lipinski definition) is 1. The van der Waals surface area contributed by atoms with Crippen molar-refractivity contribution in [3.8, 4) is 0 Å². The molecule has 0 spiro atoms. The van der Waals surface area contributed by atoms with Crippen molar-refractivity contribution in [1.29, 1.82) is 0 Å². The lowest BCUT2D eigenvalue weighted by atomic mass is 10.1. The van der Waals surface area contributed by atoms with E-state index in [-0.39, 0.29) is 6.09 Å². The van der Waals surface area contributed by atoms with E-state index >= 15 is 0 Å². The molecule has 1 heterocycles. The van der Waals surface area contributed by atoms with Gasteiger partial charge in [0.15, 0.2) is 0 Å². The van der Waals surface area contributed by atoms with Gasteiger partial charge < -0.3 is 20.3 Å². The van der Waals surface area contributed by atoms with E-state index < -0.39 is 0 Å². The van der Waals surface area contributed by atoms with Crippen LogP contribution in [0.4, 0.5) is 10.5 Å². The molecule has 5 heteroatoms. The van der Waals surface area contributed by atoms with Gasteiger partial charge in [-0.25, -0.2) is 4.79 Å². The fourth-order valence-electron chi connectivity index (χ4n) is 2.52. The van der Waals surface area contributed by atoms with E-state index in [0.717, 1.165) is 31.5 Å². The first-order valence-electron chi connectivity index (χ1n) is 7.71. The third-order valence-electron chi connectivity index (χ3n) is 3.81. The zero-order valence-electron chi connectivity index (χ0n) is 12.8. The zero-order chi connectivity index (χ0) is 15.1. The number of amides is 1. The molecule has 1 amide bonds. The molecule has 116 valence electrons. The van der Waals surface area contributed by atoms with Crippen LogP contribution in [0.25, 0.3) is 0 Å². The lowest BCUT2D eigenvalue weighted by Gasteiger charge is -2.36. The minimum atomic E-state index is -0.185. The highest BCUT2D eigenvalue weighted by Gasteiger charge is 2.23. The zero-order valence-corrected chi connectivity index (χ0v) is 12.8. The topological polar surface area (TPSA) is 58.8 Å².